The summed E-state index contributed by atoms with van der Waals surface area (Å²) in [5.41, 5.74) is 15.0. The third kappa shape index (κ3) is 4.53. The highest BCUT2D eigenvalue weighted by molar-refractivity contribution is 7.99. The molecule has 0 spiro atoms. The van der Waals surface area contributed by atoms with Gasteiger partial charge in [0.2, 0.25) is 0 Å². The molecule has 3 N–H and O–H groups in total. The number of fused-ring (bicyclic) bond motifs is 1. The van der Waals surface area contributed by atoms with Gasteiger partial charge in [-0.2, -0.15) is 11.8 Å². The van der Waals surface area contributed by atoms with Gasteiger partial charge in [-0.15, -0.1) is 0 Å². The van der Waals surface area contributed by atoms with Crippen LogP contribution in [0, 0.1) is 11.6 Å². The summed E-state index contributed by atoms with van der Waals surface area (Å²) in [7, 11) is 2.01. The predicted octanol–water partition coefficient (Wildman–Crippen LogP) is 3.40. The van der Waals surface area contributed by atoms with Gasteiger partial charge in [-0.1, -0.05) is 13.0 Å². The molecule has 0 unspecified atom stereocenters. The van der Waals surface area contributed by atoms with Crippen LogP contribution in [0.15, 0.2) is 42.0 Å². The van der Waals surface area contributed by atoms with Crippen molar-refractivity contribution in [2.45, 2.75) is 25.9 Å². The van der Waals surface area contributed by atoms with Gasteiger partial charge in [0.1, 0.15) is 11.6 Å². The first-order chi connectivity index (χ1) is 15.4. The summed E-state index contributed by atoms with van der Waals surface area (Å²) in [5, 5.41) is 2.04. The van der Waals surface area contributed by atoms with Gasteiger partial charge >= 0.3 is 0 Å². The molecule has 2 aromatic rings. The average molecular weight is 459 g/mol. The van der Waals surface area contributed by atoms with Gasteiger partial charge in [0.25, 0.3) is 5.91 Å². The molecule has 0 aromatic heterocycles. The number of hydrogen-bond donors (Lipinski definition) is 2. The lowest BCUT2D eigenvalue weighted by Gasteiger charge is -2.26. The fraction of sp³-hybridized carbons (Fsp3) is 0.375. The zero-order chi connectivity index (χ0) is 22.8. The van der Waals surface area contributed by atoms with Gasteiger partial charge in [0.05, 0.1) is 5.70 Å². The molecular formula is C24H28F2N4OS. The van der Waals surface area contributed by atoms with Crippen molar-refractivity contribution in [1.29, 1.82) is 0 Å². The number of nitrogens with zero attached hydrogens (tertiary/aromatic N) is 2. The summed E-state index contributed by atoms with van der Waals surface area (Å²) in [6.45, 7) is 3.62. The first-order valence-corrected chi connectivity index (χ1v) is 11.9. The zero-order valence-electron chi connectivity index (χ0n) is 18.3. The summed E-state index contributed by atoms with van der Waals surface area (Å²) < 4.78 is 27.2. The highest BCUT2D eigenvalue weighted by Gasteiger charge is 2.33. The van der Waals surface area contributed by atoms with Crippen molar-refractivity contribution in [2.24, 2.45) is 5.73 Å². The molecule has 5 nitrogen and oxygen atoms in total. The highest BCUT2D eigenvalue weighted by Crippen LogP contribution is 2.32. The Hall–Kier alpha value is -2.42. The van der Waals surface area contributed by atoms with Gasteiger partial charge in [-0.25, -0.2) is 14.2 Å². The van der Waals surface area contributed by atoms with Crippen LogP contribution in [-0.4, -0.2) is 53.5 Å². The van der Waals surface area contributed by atoms with Crippen molar-refractivity contribution in [1.82, 2.24) is 15.3 Å². The first kappa shape index (κ1) is 22.8. The Morgan fingerprint density at radius 3 is 2.62 bits per heavy atom. The molecule has 1 atom stereocenters. The van der Waals surface area contributed by atoms with Crippen molar-refractivity contribution >= 4 is 23.4 Å². The van der Waals surface area contributed by atoms with Crippen LogP contribution in [0.2, 0.25) is 0 Å². The molecule has 170 valence electrons. The van der Waals surface area contributed by atoms with Crippen molar-refractivity contribution < 1.29 is 13.6 Å². The molecule has 0 aliphatic carbocycles. The minimum absolute atomic E-state index is 0.0903. The number of carbonyl (C=O) groups excluding carboxylic acids is 1. The summed E-state index contributed by atoms with van der Waals surface area (Å²) in [4.78, 5) is 14.8. The molecule has 0 bridgehead atoms. The van der Waals surface area contributed by atoms with Crippen molar-refractivity contribution in [3.05, 3.63) is 75.9 Å². The van der Waals surface area contributed by atoms with E-state index < -0.39 is 11.6 Å². The SMILES string of the molecule is CCSCC1=C(c2ccc3c(c2)CN([C@H](CN)Cc2cc(F)cc(F)c2)C3=O)N(C)NC1. The van der Waals surface area contributed by atoms with Gasteiger partial charge in [0, 0.05) is 50.1 Å². The number of hydrogen-bond acceptors (Lipinski definition) is 5. The van der Waals surface area contributed by atoms with Crippen molar-refractivity contribution in [3.63, 3.8) is 0 Å². The lowest BCUT2D eigenvalue weighted by molar-refractivity contribution is 0.0708. The number of rotatable bonds is 8. The number of amides is 1. The molecule has 2 heterocycles. The first-order valence-electron chi connectivity index (χ1n) is 10.8. The minimum atomic E-state index is -0.629. The predicted molar refractivity (Wildman–Crippen MR) is 125 cm³/mol. The molecule has 0 saturated carbocycles. The van der Waals surface area contributed by atoms with E-state index in [0.717, 1.165) is 40.9 Å². The molecular weight excluding hydrogens is 430 g/mol. The second kappa shape index (κ2) is 9.60. The van der Waals surface area contributed by atoms with Crippen LogP contribution in [0.25, 0.3) is 5.70 Å². The zero-order valence-corrected chi connectivity index (χ0v) is 19.1. The summed E-state index contributed by atoms with van der Waals surface area (Å²) in [5.74, 6) is 0.675. The van der Waals surface area contributed by atoms with Crippen molar-refractivity contribution in [3.8, 4) is 0 Å². The van der Waals surface area contributed by atoms with E-state index in [4.69, 9.17) is 5.73 Å². The highest BCUT2D eigenvalue weighted by atomic mass is 32.2. The number of halogens is 2. The van der Waals surface area contributed by atoms with E-state index in [2.05, 4.69) is 18.4 Å². The summed E-state index contributed by atoms with van der Waals surface area (Å²) >= 11 is 1.89. The second-order valence-electron chi connectivity index (χ2n) is 8.16. The smallest absolute Gasteiger partial charge is 0.254 e. The van der Waals surface area contributed by atoms with Crippen LogP contribution in [0.1, 0.15) is 34.0 Å². The fourth-order valence-electron chi connectivity index (χ4n) is 4.46. The monoisotopic (exact) mass is 458 g/mol. The fourth-order valence-corrected chi connectivity index (χ4v) is 5.15. The molecule has 1 amide bonds. The van der Waals surface area contributed by atoms with Crippen LogP contribution < -0.4 is 11.2 Å². The molecule has 2 aromatic carbocycles. The lowest BCUT2D eigenvalue weighted by atomic mass is 10.0. The van der Waals surface area contributed by atoms with E-state index in [-0.39, 0.29) is 18.5 Å². The Kier molecular flexibility index (Phi) is 6.83. The van der Waals surface area contributed by atoms with Gasteiger partial charge < -0.3 is 15.6 Å². The summed E-state index contributed by atoms with van der Waals surface area (Å²) in [6.07, 6.45) is 0.300. The maximum atomic E-state index is 13.6. The third-order valence-electron chi connectivity index (χ3n) is 6.00. The number of nitrogens with one attached hydrogen (secondary N) is 1. The molecule has 4 rings (SSSR count). The number of carbonyl (C=O) groups is 1. The van der Waals surface area contributed by atoms with Gasteiger partial charge in [-0.05, 0) is 58.7 Å². The van der Waals surface area contributed by atoms with E-state index >= 15 is 0 Å². The molecule has 0 saturated heterocycles. The lowest BCUT2D eigenvalue weighted by Crippen LogP contribution is -2.42. The molecule has 2 aliphatic rings. The van der Waals surface area contributed by atoms with Crippen LogP contribution in [-0.2, 0) is 13.0 Å². The van der Waals surface area contributed by atoms with Crippen LogP contribution in [0.3, 0.4) is 0 Å². The average Bonchev–Trinajstić information content (AvgIpc) is 3.29. The second-order valence-corrected chi connectivity index (χ2v) is 9.43. The Morgan fingerprint density at radius 1 is 1.19 bits per heavy atom. The number of benzene rings is 2. The largest absolute Gasteiger partial charge is 0.330 e. The molecule has 0 radical (unpaired) electrons. The van der Waals surface area contributed by atoms with E-state index in [1.165, 1.54) is 17.7 Å². The topological polar surface area (TPSA) is 61.6 Å². The van der Waals surface area contributed by atoms with Crippen LogP contribution >= 0.6 is 11.8 Å². The summed E-state index contributed by atoms with van der Waals surface area (Å²) in [6, 6.07) is 9.05. The van der Waals surface area contributed by atoms with E-state index in [1.54, 1.807) is 4.90 Å². The third-order valence-corrected chi connectivity index (χ3v) is 6.96. The molecule has 32 heavy (non-hydrogen) atoms. The number of hydrazine groups is 1. The Labute approximate surface area is 191 Å². The van der Waals surface area contributed by atoms with E-state index in [1.807, 2.05) is 36.0 Å². The molecule has 0 fully saturated rings. The normalized spacial score (nSPS) is 16.8. The van der Waals surface area contributed by atoms with Crippen LogP contribution in [0.5, 0.6) is 0 Å². The van der Waals surface area contributed by atoms with Crippen molar-refractivity contribution in [2.75, 3.05) is 31.6 Å². The number of nitrogens with two attached hydrogens (primary N) is 1. The molecule has 8 heteroatoms. The van der Waals surface area contributed by atoms with E-state index in [9.17, 15) is 13.6 Å². The standard InChI is InChI=1S/C24H28F2N4OS/c1-3-32-14-18-12-28-29(2)23(18)16-4-5-22-17(9-16)13-30(24(22)31)21(11-27)8-15-6-19(25)10-20(26)7-15/h4-7,9-10,21,28H,3,8,11-14,27H2,1-2H3/t21-/m0/s1. The molecule has 2 aliphatic heterocycles. The van der Waals surface area contributed by atoms with Gasteiger partial charge in [-0.3, -0.25) is 4.79 Å². The van der Waals surface area contributed by atoms with Crippen LogP contribution in [0.4, 0.5) is 8.78 Å². The number of thioether (sulfide) groups is 1. The Bertz CT molecular complexity index is 1040. The van der Waals surface area contributed by atoms with E-state index in [0.29, 0.717) is 24.1 Å². The van der Waals surface area contributed by atoms with Gasteiger partial charge in [0.15, 0.2) is 0 Å². The maximum Gasteiger partial charge on any atom is 0.254 e. The maximum absolute atomic E-state index is 13.6. The minimum Gasteiger partial charge on any atom is -0.330 e. The Morgan fingerprint density at radius 2 is 1.94 bits per heavy atom. The quantitative estimate of drug-likeness (QED) is 0.635. The Balaban J connectivity index is 1.58.